The van der Waals surface area contributed by atoms with Crippen molar-refractivity contribution in [1.82, 2.24) is 14.6 Å². The molecular formula is C23H28N4O2. The molecule has 0 bridgehead atoms. The SMILES string of the molecule is CC(C)Oc1c(C(=O)n2ccc3ccccc32)ccnc1N(C)N1CCCCC1. The molecule has 0 aliphatic carbocycles. The molecule has 6 nitrogen and oxygen atoms in total. The highest BCUT2D eigenvalue weighted by atomic mass is 16.5. The van der Waals surface area contributed by atoms with Gasteiger partial charge < -0.3 is 4.74 Å². The van der Waals surface area contributed by atoms with Crippen LogP contribution in [0.25, 0.3) is 10.9 Å². The van der Waals surface area contributed by atoms with Crippen molar-refractivity contribution in [2.45, 2.75) is 39.2 Å². The number of hydrogen-bond acceptors (Lipinski definition) is 5. The monoisotopic (exact) mass is 392 g/mol. The Hall–Kier alpha value is -2.86. The molecular weight excluding hydrogens is 364 g/mol. The second-order valence-corrected chi connectivity index (χ2v) is 7.77. The molecule has 3 aromatic rings. The van der Waals surface area contributed by atoms with Gasteiger partial charge in [0.25, 0.3) is 5.91 Å². The lowest BCUT2D eigenvalue weighted by atomic mass is 10.1. The average Bonchev–Trinajstić information content (AvgIpc) is 3.17. The molecule has 0 spiro atoms. The van der Waals surface area contributed by atoms with E-state index in [-0.39, 0.29) is 12.0 Å². The molecule has 1 aromatic carbocycles. The van der Waals surface area contributed by atoms with Crippen LogP contribution < -0.4 is 9.75 Å². The molecule has 0 radical (unpaired) electrons. The van der Waals surface area contributed by atoms with Gasteiger partial charge in [0, 0.05) is 37.9 Å². The van der Waals surface area contributed by atoms with Crippen LogP contribution in [-0.2, 0) is 0 Å². The minimum Gasteiger partial charge on any atom is -0.486 e. The van der Waals surface area contributed by atoms with Crippen LogP contribution in [0.15, 0.2) is 48.8 Å². The van der Waals surface area contributed by atoms with Gasteiger partial charge in [-0.1, -0.05) is 24.6 Å². The zero-order valence-corrected chi connectivity index (χ0v) is 17.3. The Balaban J connectivity index is 1.77. The van der Waals surface area contributed by atoms with Gasteiger partial charge in [-0.15, -0.1) is 0 Å². The Bertz CT molecular complexity index is 1010. The van der Waals surface area contributed by atoms with Crippen LogP contribution in [0.1, 0.15) is 43.5 Å². The summed E-state index contributed by atoms with van der Waals surface area (Å²) in [6.07, 6.45) is 7.03. The van der Waals surface area contributed by atoms with Gasteiger partial charge in [0.15, 0.2) is 11.6 Å². The van der Waals surface area contributed by atoms with Crippen LogP contribution in [0.2, 0.25) is 0 Å². The van der Waals surface area contributed by atoms with E-state index in [4.69, 9.17) is 4.74 Å². The molecule has 0 saturated carbocycles. The maximum atomic E-state index is 13.5. The van der Waals surface area contributed by atoms with Crippen molar-refractivity contribution in [3.8, 4) is 5.75 Å². The number of piperidine rings is 1. The van der Waals surface area contributed by atoms with Gasteiger partial charge in [0.05, 0.1) is 17.2 Å². The van der Waals surface area contributed by atoms with Gasteiger partial charge in [-0.2, -0.15) is 0 Å². The van der Waals surface area contributed by atoms with Crippen molar-refractivity contribution in [2.75, 3.05) is 25.1 Å². The zero-order valence-electron chi connectivity index (χ0n) is 17.3. The lowest BCUT2D eigenvalue weighted by molar-refractivity contribution is 0.0958. The smallest absolute Gasteiger partial charge is 0.266 e. The topological polar surface area (TPSA) is 50.6 Å². The maximum absolute atomic E-state index is 13.5. The van der Waals surface area contributed by atoms with Crippen LogP contribution in [0.3, 0.4) is 0 Å². The van der Waals surface area contributed by atoms with E-state index in [0.29, 0.717) is 17.1 Å². The molecule has 4 rings (SSSR count). The van der Waals surface area contributed by atoms with E-state index in [9.17, 15) is 4.79 Å². The van der Waals surface area contributed by atoms with Gasteiger partial charge in [0.2, 0.25) is 0 Å². The average molecular weight is 393 g/mol. The molecule has 6 heteroatoms. The number of aromatic nitrogens is 2. The second-order valence-electron chi connectivity index (χ2n) is 7.77. The molecule has 0 atom stereocenters. The van der Waals surface area contributed by atoms with Gasteiger partial charge in [-0.25, -0.2) is 9.99 Å². The first-order chi connectivity index (χ1) is 14.1. The van der Waals surface area contributed by atoms with Crippen molar-refractivity contribution in [1.29, 1.82) is 0 Å². The third-order valence-corrected chi connectivity index (χ3v) is 5.35. The molecule has 0 N–H and O–H groups in total. The van der Waals surface area contributed by atoms with E-state index in [1.54, 1.807) is 16.8 Å². The summed E-state index contributed by atoms with van der Waals surface area (Å²) < 4.78 is 7.84. The Morgan fingerprint density at radius 1 is 1.10 bits per heavy atom. The summed E-state index contributed by atoms with van der Waals surface area (Å²) in [7, 11) is 2.00. The summed E-state index contributed by atoms with van der Waals surface area (Å²) in [6.45, 7) is 5.91. The standard InChI is InChI=1S/C23H28N4O2/c1-17(2)29-21-19(23(28)27-16-12-18-9-5-6-10-20(18)27)11-13-24-22(21)25(3)26-14-7-4-8-15-26/h5-6,9-13,16-17H,4,7-8,14-15H2,1-3H3. The summed E-state index contributed by atoms with van der Waals surface area (Å²) in [5.74, 6) is 1.11. The highest BCUT2D eigenvalue weighted by molar-refractivity contribution is 6.04. The van der Waals surface area contributed by atoms with Gasteiger partial charge >= 0.3 is 0 Å². The van der Waals surface area contributed by atoms with E-state index >= 15 is 0 Å². The molecule has 0 amide bonds. The van der Waals surface area contributed by atoms with Crippen molar-refractivity contribution < 1.29 is 9.53 Å². The number of hydrazine groups is 1. The molecule has 2 aromatic heterocycles. The summed E-state index contributed by atoms with van der Waals surface area (Å²) in [5, 5.41) is 5.35. The number of fused-ring (bicyclic) bond motifs is 1. The fourth-order valence-corrected chi connectivity index (χ4v) is 3.89. The fraction of sp³-hybridized carbons (Fsp3) is 0.391. The number of carbonyl (C=O) groups excluding carboxylic acids is 1. The predicted molar refractivity (Wildman–Crippen MR) is 115 cm³/mol. The number of carbonyl (C=O) groups is 1. The highest BCUT2D eigenvalue weighted by Crippen LogP contribution is 2.33. The molecule has 3 heterocycles. The Labute approximate surface area is 171 Å². The summed E-state index contributed by atoms with van der Waals surface area (Å²) in [5.41, 5.74) is 1.41. The molecule has 0 unspecified atom stereocenters. The normalized spacial score (nSPS) is 15.0. The molecule has 29 heavy (non-hydrogen) atoms. The largest absolute Gasteiger partial charge is 0.486 e. The third kappa shape index (κ3) is 3.85. The number of ether oxygens (including phenoxy) is 1. The van der Waals surface area contributed by atoms with Gasteiger partial charge in [0.1, 0.15) is 0 Å². The molecule has 1 saturated heterocycles. The minimum atomic E-state index is -0.113. The van der Waals surface area contributed by atoms with E-state index in [2.05, 4.69) is 9.99 Å². The number of para-hydroxylation sites is 1. The summed E-state index contributed by atoms with van der Waals surface area (Å²) >= 11 is 0. The van der Waals surface area contributed by atoms with Crippen molar-refractivity contribution >= 4 is 22.6 Å². The lowest BCUT2D eigenvalue weighted by Crippen LogP contribution is -2.44. The van der Waals surface area contributed by atoms with E-state index in [0.717, 1.165) is 24.0 Å². The molecule has 1 aliphatic heterocycles. The Morgan fingerprint density at radius 3 is 2.62 bits per heavy atom. The first kappa shape index (κ1) is 19.5. The quantitative estimate of drug-likeness (QED) is 0.646. The number of hydrogen-bond donors (Lipinski definition) is 0. The van der Waals surface area contributed by atoms with E-state index in [1.165, 1.54) is 19.3 Å². The lowest BCUT2D eigenvalue weighted by Gasteiger charge is -2.36. The number of rotatable bonds is 5. The zero-order chi connectivity index (χ0) is 20.4. The highest BCUT2D eigenvalue weighted by Gasteiger charge is 2.25. The van der Waals surface area contributed by atoms with E-state index in [1.807, 2.05) is 62.4 Å². The molecule has 1 fully saturated rings. The first-order valence-corrected chi connectivity index (χ1v) is 10.3. The predicted octanol–water partition coefficient (Wildman–Crippen LogP) is 4.35. The van der Waals surface area contributed by atoms with E-state index < -0.39 is 0 Å². The maximum Gasteiger partial charge on any atom is 0.266 e. The van der Waals surface area contributed by atoms with Crippen LogP contribution in [0.5, 0.6) is 5.75 Å². The molecule has 1 aliphatic rings. The van der Waals surface area contributed by atoms with Crippen LogP contribution in [0, 0.1) is 0 Å². The minimum absolute atomic E-state index is 0.0688. The molecule has 152 valence electrons. The summed E-state index contributed by atoms with van der Waals surface area (Å²) in [4.78, 5) is 18.1. The van der Waals surface area contributed by atoms with Gasteiger partial charge in [-0.05, 0) is 44.9 Å². The van der Waals surface area contributed by atoms with Crippen molar-refractivity contribution in [3.05, 3.63) is 54.4 Å². The fourth-order valence-electron chi connectivity index (χ4n) is 3.89. The number of pyridine rings is 1. The number of nitrogens with zero attached hydrogens (tertiary/aromatic N) is 4. The second kappa shape index (κ2) is 8.25. The van der Waals surface area contributed by atoms with Crippen molar-refractivity contribution in [2.24, 2.45) is 0 Å². The summed E-state index contributed by atoms with van der Waals surface area (Å²) in [6, 6.07) is 11.6. The Kier molecular flexibility index (Phi) is 5.53. The number of benzene rings is 1. The van der Waals surface area contributed by atoms with Crippen LogP contribution in [-0.4, -0.2) is 46.7 Å². The van der Waals surface area contributed by atoms with Crippen molar-refractivity contribution in [3.63, 3.8) is 0 Å². The number of anilines is 1. The van der Waals surface area contributed by atoms with Crippen LogP contribution >= 0.6 is 0 Å². The Morgan fingerprint density at radius 2 is 1.86 bits per heavy atom. The van der Waals surface area contributed by atoms with Gasteiger partial charge in [-0.3, -0.25) is 14.4 Å². The van der Waals surface area contributed by atoms with Crippen LogP contribution in [0.4, 0.5) is 5.82 Å². The third-order valence-electron chi connectivity index (χ3n) is 5.35. The first-order valence-electron chi connectivity index (χ1n) is 10.3.